The van der Waals surface area contributed by atoms with E-state index in [0.717, 1.165) is 41.7 Å². The van der Waals surface area contributed by atoms with E-state index in [4.69, 9.17) is 28.9 Å². The Balaban J connectivity index is 1.27. The lowest BCUT2D eigenvalue weighted by Crippen LogP contribution is -2.37. The van der Waals surface area contributed by atoms with Gasteiger partial charge in [0.05, 0.1) is 19.5 Å². The normalized spacial score (nSPS) is 14.9. The van der Waals surface area contributed by atoms with Gasteiger partial charge in [-0.25, -0.2) is 9.97 Å². The maximum atomic E-state index is 6.16. The van der Waals surface area contributed by atoms with Crippen LogP contribution in [0.15, 0.2) is 67.3 Å². The molecule has 4 heterocycles. The Morgan fingerprint density at radius 1 is 0.912 bits per heavy atom. The van der Waals surface area contributed by atoms with Gasteiger partial charge in [-0.3, -0.25) is 0 Å². The number of ether oxygens (including phenoxy) is 4. The zero-order valence-corrected chi connectivity index (χ0v) is 18.5. The van der Waals surface area contributed by atoms with Crippen molar-refractivity contribution in [3.8, 4) is 28.8 Å². The molecule has 2 aromatic heterocycles. The van der Waals surface area contributed by atoms with Gasteiger partial charge in [0.15, 0.2) is 11.5 Å². The van der Waals surface area contributed by atoms with Gasteiger partial charge in [-0.1, -0.05) is 6.07 Å². The summed E-state index contributed by atoms with van der Waals surface area (Å²) in [6.07, 6.45) is 5.96. The summed E-state index contributed by atoms with van der Waals surface area (Å²) in [5, 5.41) is 0. The molecule has 172 valence electrons. The Labute approximate surface area is 196 Å². The molecule has 0 N–H and O–H groups in total. The van der Waals surface area contributed by atoms with Crippen molar-refractivity contribution >= 4 is 5.82 Å². The van der Waals surface area contributed by atoms with Crippen LogP contribution in [0.3, 0.4) is 0 Å². The first-order valence-electron chi connectivity index (χ1n) is 11.2. The third-order valence-electron chi connectivity index (χ3n) is 5.73. The summed E-state index contributed by atoms with van der Waals surface area (Å²) < 4.78 is 24.5. The molecular formula is C25H23N5O4. The zero-order valence-electron chi connectivity index (χ0n) is 18.5. The largest absolute Gasteiger partial charge is 0.454 e. The van der Waals surface area contributed by atoms with Gasteiger partial charge in [-0.05, 0) is 42.0 Å². The van der Waals surface area contributed by atoms with Gasteiger partial charge in [-0.2, -0.15) is 4.98 Å². The van der Waals surface area contributed by atoms with Crippen molar-refractivity contribution in [3.05, 3.63) is 78.6 Å². The van der Waals surface area contributed by atoms with Crippen molar-refractivity contribution in [1.82, 2.24) is 19.5 Å². The number of hydrogen-bond acceptors (Lipinski definition) is 8. The fourth-order valence-corrected chi connectivity index (χ4v) is 4.00. The van der Waals surface area contributed by atoms with Crippen LogP contribution in [0.1, 0.15) is 11.4 Å². The van der Waals surface area contributed by atoms with Crippen molar-refractivity contribution in [2.24, 2.45) is 0 Å². The molecule has 0 atom stereocenters. The maximum absolute atomic E-state index is 6.16. The fraction of sp³-hybridized carbons (Fsp3) is 0.240. The molecule has 0 saturated carbocycles. The molecule has 2 aromatic carbocycles. The first-order chi connectivity index (χ1) is 16.8. The fourth-order valence-electron chi connectivity index (χ4n) is 4.00. The maximum Gasteiger partial charge on any atom is 0.231 e. The van der Waals surface area contributed by atoms with Crippen LogP contribution in [0.5, 0.6) is 23.1 Å². The lowest BCUT2D eigenvalue weighted by Gasteiger charge is -2.28. The predicted octanol–water partition coefficient (Wildman–Crippen LogP) is 3.61. The lowest BCUT2D eigenvalue weighted by atomic mass is 10.1. The van der Waals surface area contributed by atoms with E-state index in [2.05, 4.69) is 9.88 Å². The van der Waals surface area contributed by atoms with E-state index in [1.165, 1.54) is 0 Å². The van der Waals surface area contributed by atoms with Gasteiger partial charge in [0.25, 0.3) is 0 Å². The second kappa shape index (κ2) is 9.03. The highest BCUT2D eigenvalue weighted by atomic mass is 16.7. The van der Waals surface area contributed by atoms with Crippen LogP contribution in [0.2, 0.25) is 0 Å². The van der Waals surface area contributed by atoms with Gasteiger partial charge < -0.3 is 28.4 Å². The van der Waals surface area contributed by atoms with E-state index < -0.39 is 0 Å². The minimum absolute atomic E-state index is 0.249. The number of nitrogens with zero attached hydrogens (tertiary/aromatic N) is 5. The quantitative estimate of drug-likeness (QED) is 0.434. The first kappa shape index (κ1) is 20.5. The second-order valence-electron chi connectivity index (χ2n) is 8.01. The summed E-state index contributed by atoms with van der Waals surface area (Å²) in [4.78, 5) is 15.8. The zero-order chi connectivity index (χ0) is 22.7. The number of hydrogen-bond donors (Lipinski definition) is 0. The minimum atomic E-state index is 0.249. The van der Waals surface area contributed by atoms with Crippen LogP contribution in [0, 0.1) is 0 Å². The van der Waals surface area contributed by atoms with Crippen molar-refractivity contribution in [2.75, 3.05) is 38.0 Å². The summed E-state index contributed by atoms with van der Waals surface area (Å²) in [6.45, 7) is 3.15. The average Bonchev–Trinajstić information content (AvgIpc) is 3.57. The molecule has 1 saturated heterocycles. The Bertz CT molecular complexity index is 1270. The summed E-state index contributed by atoms with van der Waals surface area (Å²) in [6, 6.07) is 15.6. The molecule has 0 aliphatic carbocycles. The predicted molar refractivity (Wildman–Crippen MR) is 124 cm³/mol. The molecule has 34 heavy (non-hydrogen) atoms. The number of benzene rings is 2. The Kier molecular flexibility index (Phi) is 5.44. The Morgan fingerprint density at radius 2 is 1.76 bits per heavy atom. The van der Waals surface area contributed by atoms with Crippen molar-refractivity contribution < 1.29 is 18.9 Å². The molecule has 6 rings (SSSR count). The molecule has 4 aromatic rings. The van der Waals surface area contributed by atoms with Crippen LogP contribution >= 0.6 is 0 Å². The van der Waals surface area contributed by atoms with Crippen LogP contribution in [0.4, 0.5) is 5.82 Å². The van der Waals surface area contributed by atoms with Gasteiger partial charge in [0, 0.05) is 43.7 Å². The molecule has 0 spiro atoms. The van der Waals surface area contributed by atoms with Crippen LogP contribution in [-0.4, -0.2) is 52.6 Å². The second-order valence-corrected chi connectivity index (χ2v) is 8.01. The molecule has 9 nitrogen and oxygen atoms in total. The molecule has 0 unspecified atom stereocenters. The van der Waals surface area contributed by atoms with E-state index in [1.54, 1.807) is 12.5 Å². The monoisotopic (exact) mass is 457 g/mol. The van der Waals surface area contributed by atoms with Gasteiger partial charge in [-0.15, -0.1) is 0 Å². The molecule has 2 aliphatic rings. The van der Waals surface area contributed by atoms with Gasteiger partial charge in [0.2, 0.25) is 12.7 Å². The number of anilines is 1. The third-order valence-corrected chi connectivity index (χ3v) is 5.73. The van der Waals surface area contributed by atoms with E-state index in [1.807, 2.05) is 59.3 Å². The highest BCUT2D eigenvalue weighted by Crippen LogP contribution is 2.33. The molecule has 0 amide bonds. The number of morpholine rings is 1. The van der Waals surface area contributed by atoms with E-state index >= 15 is 0 Å². The number of imidazole rings is 1. The number of fused-ring (bicyclic) bond motifs is 1. The summed E-state index contributed by atoms with van der Waals surface area (Å²) in [7, 11) is 0. The summed E-state index contributed by atoms with van der Waals surface area (Å²) >= 11 is 0. The average molecular weight is 457 g/mol. The first-order valence-corrected chi connectivity index (χ1v) is 11.2. The highest BCUT2D eigenvalue weighted by Gasteiger charge is 2.18. The molecular weight excluding hydrogens is 434 g/mol. The SMILES string of the molecule is c1cn(-c2ccc(Oc3cc(N4CCOCC4)nc(Cc4ccc5c(c4)OCO5)n3)cc2)cn1. The standard InChI is InChI=1S/C25H23N5O4/c1-6-21-22(33-17-32-21)13-18(1)14-23-27-24(29-9-11-31-12-10-29)15-25(28-23)34-20-4-2-19(3-5-20)30-8-7-26-16-30/h1-8,13,15-16H,9-12,14,17H2. The molecule has 0 bridgehead atoms. The lowest BCUT2D eigenvalue weighted by molar-refractivity contribution is 0.122. The van der Waals surface area contributed by atoms with Gasteiger partial charge in [0.1, 0.15) is 17.4 Å². The van der Waals surface area contributed by atoms with E-state index in [9.17, 15) is 0 Å². The van der Waals surface area contributed by atoms with Crippen molar-refractivity contribution in [2.45, 2.75) is 6.42 Å². The third kappa shape index (κ3) is 4.38. The van der Waals surface area contributed by atoms with Crippen LogP contribution < -0.4 is 19.1 Å². The minimum Gasteiger partial charge on any atom is -0.454 e. The highest BCUT2D eigenvalue weighted by molar-refractivity contribution is 5.47. The van der Waals surface area contributed by atoms with E-state index in [-0.39, 0.29) is 6.79 Å². The molecule has 0 radical (unpaired) electrons. The van der Waals surface area contributed by atoms with Crippen molar-refractivity contribution in [3.63, 3.8) is 0 Å². The smallest absolute Gasteiger partial charge is 0.231 e. The number of aromatic nitrogens is 4. The molecule has 2 aliphatic heterocycles. The summed E-state index contributed by atoms with van der Waals surface area (Å²) in [5.74, 6) is 4.21. The number of rotatable bonds is 6. The molecule has 9 heteroatoms. The van der Waals surface area contributed by atoms with Crippen LogP contribution in [0.25, 0.3) is 5.69 Å². The summed E-state index contributed by atoms with van der Waals surface area (Å²) in [5.41, 5.74) is 2.05. The Hall–Kier alpha value is -4.11. The van der Waals surface area contributed by atoms with Gasteiger partial charge >= 0.3 is 0 Å². The Morgan fingerprint density at radius 3 is 2.59 bits per heavy atom. The van der Waals surface area contributed by atoms with Crippen LogP contribution in [-0.2, 0) is 11.2 Å². The molecule has 1 fully saturated rings. The topological polar surface area (TPSA) is 83.8 Å². The van der Waals surface area contributed by atoms with Crippen molar-refractivity contribution in [1.29, 1.82) is 0 Å². The van der Waals surface area contributed by atoms with E-state index in [0.29, 0.717) is 37.1 Å².